The minimum absolute atomic E-state index is 0.0938. The van der Waals surface area contributed by atoms with Gasteiger partial charge >= 0.3 is 5.69 Å². The van der Waals surface area contributed by atoms with Crippen molar-refractivity contribution >= 4 is 17.3 Å². The number of hydrogen-bond acceptors (Lipinski definition) is 6. The van der Waals surface area contributed by atoms with Gasteiger partial charge < -0.3 is 9.80 Å². The Morgan fingerprint density at radius 2 is 1.17 bits per heavy atom. The fourth-order valence-corrected chi connectivity index (χ4v) is 3.55. The third-order valence-electron chi connectivity index (χ3n) is 4.78. The van der Waals surface area contributed by atoms with Gasteiger partial charge in [-0.15, -0.1) is 0 Å². The lowest BCUT2D eigenvalue weighted by Gasteiger charge is -2.25. The highest BCUT2D eigenvalue weighted by Gasteiger charge is 2.30. The van der Waals surface area contributed by atoms with Gasteiger partial charge in [-0.25, -0.2) is 9.97 Å². The molecule has 3 rings (SSSR count). The van der Waals surface area contributed by atoms with Gasteiger partial charge in [0.15, 0.2) is 0 Å². The third-order valence-corrected chi connectivity index (χ3v) is 4.78. The number of hydrogen-bond donors (Lipinski definition) is 0. The van der Waals surface area contributed by atoms with Crippen LogP contribution in [0, 0.1) is 10.1 Å². The minimum atomic E-state index is -0.291. The van der Waals surface area contributed by atoms with E-state index in [4.69, 9.17) is 0 Å². The molecule has 1 aromatic heterocycles. The Morgan fingerprint density at radius 1 is 0.783 bits per heavy atom. The van der Waals surface area contributed by atoms with Gasteiger partial charge in [0.05, 0.1) is 4.92 Å². The first-order valence-corrected chi connectivity index (χ1v) is 8.76. The van der Waals surface area contributed by atoms with E-state index < -0.39 is 0 Å². The van der Waals surface area contributed by atoms with Gasteiger partial charge in [0, 0.05) is 26.2 Å². The number of aromatic nitrogens is 2. The molecule has 0 atom stereocenters. The zero-order valence-corrected chi connectivity index (χ0v) is 13.6. The molecule has 2 aliphatic heterocycles. The van der Waals surface area contributed by atoms with Crippen LogP contribution in [-0.4, -0.2) is 41.1 Å². The van der Waals surface area contributed by atoms with Gasteiger partial charge in [-0.3, -0.25) is 10.1 Å². The van der Waals surface area contributed by atoms with Crippen molar-refractivity contribution in [1.82, 2.24) is 9.97 Å². The summed E-state index contributed by atoms with van der Waals surface area (Å²) in [7, 11) is 0. The molecule has 7 heteroatoms. The summed E-state index contributed by atoms with van der Waals surface area (Å²) in [5, 5.41) is 11.8. The van der Waals surface area contributed by atoms with Gasteiger partial charge in [0.2, 0.25) is 11.6 Å². The Morgan fingerprint density at radius 3 is 1.52 bits per heavy atom. The van der Waals surface area contributed by atoms with Gasteiger partial charge in [0.25, 0.3) is 0 Å². The second kappa shape index (κ2) is 7.57. The highest BCUT2D eigenvalue weighted by molar-refractivity contribution is 5.71. The van der Waals surface area contributed by atoms with E-state index >= 15 is 0 Å². The van der Waals surface area contributed by atoms with Crippen molar-refractivity contribution in [3.8, 4) is 0 Å². The lowest BCUT2D eigenvalue weighted by molar-refractivity contribution is -0.383. The van der Waals surface area contributed by atoms with Crippen LogP contribution in [0.5, 0.6) is 0 Å². The summed E-state index contributed by atoms with van der Waals surface area (Å²) in [4.78, 5) is 24.2. The third kappa shape index (κ3) is 3.71. The Kier molecular flexibility index (Phi) is 5.25. The number of nitro groups is 1. The van der Waals surface area contributed by atoms with Crippen molar-refractivity contribution in [2.24, 2.45) is 0 Å². The van der Waals surface area contributed by atoms with E-state index in [-0.39, 0.29) is 10.6 Å². The molecular weight excluding hydrogens is 294 g/mol. The van der Waals surface area contributed by atoms with E-state index in [1.54, 1.807) is 0 Å². The van der Waals surface area contributed by atoms with Crippen molar-refractivity contribution in [1.29, 1.82) is 0 Å². The lowest BCUT2D eigenvalue weighted by Crippen LogP contribution is -2.29. The van der Waals surface area contributed by atoms with Crippen molar-refractivity contribution in [3.05, 3.63) is 16.4 Å². The van der Waals surface area contributed by atoms with Gasteiger partial charge in [-0.1, -0.05) is 25.7 Å². The first-order chi connectivity index (χ1) is 11.3. The monoisotopic (exact) mass is 319 g/mol. The van der Waals surface area contributed by atoms with Crippen LogP contribution in [0.25, 0.3) is 0 Å². The largest absolute Gasteiger partial charge is 0.353 e. The van der Waals surface area contributed by atoms with Crippen LogP contribution in [-0.2, 0) is 0 Å². The average molecular weight is 319 g/mol. The SMILES string of the molecule is O=[N+]([O-])c1c(N2CCCCCC2)ncnc1N1CCCCCC1. The molecule has 0 bridgehead atoms. The summed E-state index contributed by atoms with van der Waals surface area (Å²) in [5.74, 6) is 1.01. The normalized spacial score (nSPS) is 20.0. The molecule has 0 aliphatic carbocycles. The Balaban J connectivity index is 1.95. The second-order valence-electron chi connectivity index (χ2n) is 6.43. The molecule has 0 N–H and O–H groups in total. The summed E-state index contributed by atoms with van der Waals surface area (Å²) in [6.45, 7) is 3.38. The van der Waals surface area contributed by atoms with Crippen LogP contribution in [0.15, 0.2) is 6.33 Å². The molecule has 0 radical (unpaired) electrons. The fraction of sp³-hybridized carbons (Fsp3) is 0.750. The average Bonchev–Trinajstić information content (AvgIpc) is 2.99. The van der Waals surface area contributed by atoms with Crippen molar-refractivity contribution in [2.75, 3.05) is 36.0 Å². The summed E-state index contributed by atoms with van der Waals surface area (Å²) in [5.41, 5.74) is 0.0938. The van der Waals surface area contributed by atoms with Crippen LogP contribution < -0.4 is 9.80 Å². The molecule has 2 aliphatic rings. The quantitative estimate of drug-likeness (QED) is 0.629. The molecule has 0 amide bonds. The van der Waals surface area contributed by atoms with E-state index in [0.29, 0.717) is 11.6 Å². The van der Waals surface area contributed by atoms with Gasteiger partial charge in [-0.2, -0.15) is 0 Å². The number of rotatable bonds is 3. The number of nitrogens with zero attached hydrogens (tertiary/aromatic N) is 5. The zero-order valence-electron chi connectivity index (χ0n) is 13.6. The molecule has 2 saturated heterocycles. The summed E-state index contributed by atoms with van der Waals surface area (Å²) in [6.07, 6.45) is 10.5. The van der Waals surface area contributed by atoms with E-state index in [1.807, 2.05) is 0 Å². The molecule has 23 heavy (non-hydrogen) atoms. The molecule has 1 aromatic rings. The van der Waals surface area contributed by atoms with E-state index in [1.165, 1.54) is 32.0 Å². The summed E-state index contributed by atoms with van der Waals surface area (Å²) in [6, 6.07) is 0. The number of anilines is 2. The predicted octanol–water partition coefficient (Wildman–Crippen LogP) is 3.15. The predicted molar refractivity (Wildman–Crippen MR) is 90.0 cm³/mol. The minimum Gasteiger partial charge on any atom is -0.351 e. The fourth-order valence-electron chi connectivity index (χ4n) is 3.55. The van der Waals surface area contributed by atoms with Crippen LogP contribution in [0.2, 0.25) is 0 Å². The summed E-state index contributed by atoms with van der Waals surface area (Å²) < 4.78 is 0. The topological polar surface area (TPSA) is 75.4 Å². The van der Waals surface area contributed by atoms with E-state index in [0.717, 1.165) is 51.9 Å². The van der Waals surface area contributed by atoms with Gasteiger partial charge in [0.1, 0.15) is 6.33 Å². The maximum atomic E-state index is 11.8. The van der Waals surface area contributed by atoms with E-state index in [2.05, 4.69) is 19.8 Å². The van der Waals surface area contributed by atoms with Crippen molar-refractivity contribution in [2.45, 2.75) is 51.4 Å². The molecule has 0 aromatic carbocycles. The standard InChI is InChI=1S/C16H25N5O2/c22-21(23)14-15(19-9-5-1-2-6-10-19)17-13-18-16(14)20-11-7-3-4-8-12-20/h13H,1-12H2. The van der Waals surface area contributed by atoms with Crippen LogP contribution in [0.3, 0.4) is 0 Å². The Bertz CT molecular complexity index is 497. The first kappa shape index (κ1) is 16.0. The maximum Gasteiger partial charge on any atom is 0.353 e. The molecule has 126 valence electrons. The Hall–Kier alpha value is -1.92. The maximum absolute atomic E-state index is 11.8. The van der Waals surface area contributed by atoms with Crippen LogP contribution in [0.4, 0.5) is 17.3 Å². The van der Waals surface area contributed by atoms with Gasteiger partial charge in [-0.05, 0) is 25.7 Å². The first-order valence-electron chi connectivity index (χ1n) is 8.76. The molecule has 0 spiro atoms. The van der Waals surface area contributed by atoms with E-state index in [9.17, 15) is 10.1 Å². The van der Waals surface area contributed by atoms with Crippen LogP contribution in [0.1, 0.15) is 51.4 Å². The molecule has 7 nitrogen and oxygen atoms in total. The highest BCUT2D eigenvalue weighted by atomic mass is 16.6. The summed E-state index contributed by atoms with van der Waals surface area (Å²) >= 11 is 0. The molecule has 3 heterocycles. The van der Waals surface area contributed by atoms with Crippen LogP contribution >= 0.6 is 0 Å². The molecule has 0 unspecified atom stereocenters. The molecule has 0 saturated carbocycles. The van der Waals surface area contributed by atoms with Crippen molar-refractivity contribution < 1.29 is 4.92 Å². The highest BCUT2D eigenvalue weighted by Crippen LogP contribution is 2.35. The Labute approximate surface area is 136 Å². The smallest absolute Gasteiger partial charge is 0.351 e. The molecule has 2 fully saturated rings. The zero-order chi connectivity index (χ0) is 16.1. The lowest BCUT2D eigenvalue weighted by atomic mass is 10.2. The second-order valence-corrected chi connectivity index (χ2v) is 6.43. The van der Waals surface area contributed by atoms with Crippen molar-refractivity contribution in [3.63, 3.8) is 0 Å². The molecular formula is C16H25N5O2.